The van der Waals surface area contributed by atoms with Gasteiger partial charge in [0.15, 0.2) is 8.32 Å². The molecule has 0 atom stereocenters. The van der Waals surface area contributed by atoms with Crippen LogP contribution in [-0.2, 0) is 4.43 Å². The quantitative estimate of drug-likeness (QED) is 0.653. The van der Waals surface area contributed by atoms with Gasteiger partial charge in [-0.25, -0.2) is 0 Å². The zero-order valence-electron chi connectivity index (χ0n) is 10.6. The number of rotatable bonds is 3. The van der Waals surface area contributed by atoms with Gasteiger partial charge in [-0.1, -0.05) is 40.4 Å². The minimum atomic E-state index is -1.48. The monoisotopic (exact) mass is 218 g/mol. The lowest BCUT2D eigenvalue weighted by Crippen LogP contribution is -2.45. The Morgan fingerprint density at radius 1 is 0.923 bits per heavy atom. The van der Waals surface area contributed by atoms with E-state index >= 15 is 0 Å². The normalized spacial score (nSPS) is 14.8. The first-order valence-corrected chi connectivity index (χ1v) is 11.7. The molecular formula is C10H26OSi2. The molecule has 0 amide bonds. The van der Waals surface area contributed by atoms with Crippen molar-refractivity contribution in [1.29, 1.82) is 0 Å². The van der Waals surface area contributed by atoms with Crippen molar-refractivity contribution in [1.82, 2.24) is 0 Å². The summed E-state index contributed by atoms with van der Waals surface area (Å²) in [5.74, 6) is 0. The van der Waals surface area contributed by atoms with Crippen LogP contribution in [0, 0.1) is 0 Å². The minimum Gasteiger partial charge on any atom is -0.420 e. The molecule has 13 heavy (non-hydrogen) atoms. The van der Waals surface area contributed by atoms with Gasteiger partial charge < -0.3 is 4.43 Å². The van der Waals surface area contributed by atoms with Crippen LogP contribution in [0.25, 0.3) is 0 Å². The van der Waals surface area contributed by atoms with Crippen LogP contribution in [0.15, 0.2) is 0 Å². The topological polar surface area (TPSA) is 9.23 Å². The highest BCUT2D eigenvalue weighted by molar-refractivity contribution is 6.79. The summed E-state index contributed by atoms with van der Waals surface area (Å²) in [5, 5.41) is 0.354. The van der Waals surface area contributed by atoms with Crippen molar-refractivity contribution >= 4 is 16.4 Å². The van der Waals surface area contributed by atoms with Gasteiger partial charge in [0.05, 0.1) is 8.07 Å². The molecule has 0 aliphatic carbocycles. The Morgan fingerprint density at radius 2 is 1.31 bits per heavy atom. The van der Waals surface area contributed by atoms with Gasteiger partial charge in [-0.3, -0.25) is 0 Å². The molecule has 0 unspecified atom stereocenters. The molecule has 0 bridgehead atoms. The zero-order valence-corrected chi connectivity index (χ0v) is 12.6. The Bertz CT molecular complexity index is 163. The van der Waals surface area contributed by atoms with Crippen LogP contribution in [0.3, 0.4) is 0 Å². The Balaban J connectivity index is 4.21. The van der Waals surface area contributed by atoms with Gasteiger partial charge in [-0.05, 0) is 18.1 Å². The van der Waals surface area contributed by atoms with Crippen molar-refractivity contribution in [3.63, 3.8) is 0 Å². The summed E-state index contributed by atoms with van der Waals surface area (Å²) < 4.78 is 6.16. The van der Waals surface area contributed by atoms with Crippen LogP contribution in [-0.4, -0.2) is 22.6 Å². The molecule has 1 nitrogen and oxygen atoms in total. The summed E-state index contributed by atoms with van der Waals surface area (Å²) in [6, 6.07) is 0. The molecular weight excluding hydrogens is 192 g/mol. The van der Waals surface area contributed by atoms with E-state index in [0.717, 1.165) is 6.23 Å². The molecule has 0 aromatic carbocycles. The summed E-state index contributed by atoms with van der Waals surface area (Å²) >= 11 is 0. The minimum absolute atomic E-state index is 0.354. The van der Waals surface area contributed by atoms with Crippen LogP contribution >= 0.6 is 0 Å². The maximum absolute atomic E-state index is 6.16. The second-order valence-corrected chi connectivity index (χ2v) is 16.8. The predicted molar refractivity (Wildman–Crippen MR) is 66.5 cm³/mol. The molecule has 0 spiro atoms. The fourth-order valence-corrected chi connectivity index (χ4v) is 4.22. The Morgan fingerprint density at radius 3 is 1.54 bits per heavy atom. The van der Waals surface area contributed by atoms with Crippen LogP contribution < -0.4 is 0 Å². The lowest BCUT2D eigenvalue weighted by Gasteiger charge is -2.37. The Kier molecular flexibility index (Phi) is 3.99. The van der Waals surface area contributed by atoms with Crippen molar-refractivity contribution in [3.8, 4) is 0 Å². The molecule has 0 aliphatic heterocycles. The fraction of sp³-hybridized carbons (Fsp3) is 1.00. The Hall–Kier alpha value is 0.394. The molecule has 0 fully saturated rings. The molecule has 0 saturated carbocycles. The molecule has 0 aromatic heterocycles. The van der Waals surface area contributed by atoms with Gasteiger partial charge >= 0.3 is 0 Å². The van der Waals surface area contributed by atoms with Crippen molar-refractivity contribution in [2.24, 2.45) is 0 Å². The predicted octanol–water partition coefficient (Wildman–Crippen LogP) is 3.89. The summed E-state index contributed by atoms with van der Waals surface area (Å²) in [7, 11) is -2.51. The fourth-order valence-electron chi connectivity index (χ4n) is 0.613. The first-order chi connectivity index (χ1) is 5.46. The van der Waals surface area contributed by atoms with Gasteiger partial charge in [0.2, 0.25) is 0 Å². The summed E-state index contributed by atoms with van der Waals surface area (Å²) in [4.78, 5) is 0. The highest BCUT2D eigenvalue weighted by Crippen LogP contribution is 2.36. The molecule has 0 aromatic rings. The third-order valence-corrected chi connectivity index (χ3v) is 8.45. The van der Waals surface area contributed by atoms with E-state index in [1.165, 1.54) is 0 Å². The number of hydrogen-bond donors (Lipinski definition) is 0. The molecule has 80 valence electrons. The molecule has 0 rings (SSSR count). The number of hydrogen-bond acceptors (Lipinski definition) is 1. The highest BCUT2D eigenvalue weighted by atomic mass is 28.4. The van der Waals surface area contributed by atoms with Crippen LogP contribution in [0.2, 0.25) is 37.8 Å². The molecule has 0 heterocycles. The van der Waals surface area contributed by atoms with E-state index in [-0.39, 0.29) is 0 Å². The van der Waals surface area contributed by atoms with Gasteiger partial charge in [0.1, 0.15) is 0 Å². The summed E-state index contributed by atoms with van der Waals surface area (Å²) in [5.41, 5.74) is 0. The maximum atomic E-state index is 6.16. The maximum Gasteiger partial charge on any atom is 0.191 e. The first kappa shape index (κ1) is 13.4. The van der Waals surface area contributed by atoms with E-state index < -0.39 is 16.4 Å². The lowest BCUT2D eigenvalue weighted by atomic mass is 10.2. The average molecular weight is 218 g/mol. The second kappa shape index (κ2) is 3.87. The van der Waals surface area contributed by atoms with Crippen LogP contribution in [0.4, 0.5) is 0 Å². The summed E-state index contributed by atoms with van der Waals surface area (Å²) in [6.07, 6.45) is 1.02. The van der Waals surface area contributed by atoms with Crippen LogP contribution in [0.1, 0.15) is 20.8 Å². The molecule has 0 saturated heterocycles. The van der Waals surface area contributed by atoms with E-state index in [1.807, 2.05) is 0 Å². The molecule has 3 heteroatoms. The first-order valence-electron chi connectivity index (χ1n) is 5.10. The van der Waals surface area contributed by atoms with Crippen molar-refractivity contribution in [2.75, 3.05) is 6.23 Å². The van der Waals surface area contributed by atoms with Crippen molar-refractivity contribution in [3.05, 3.63) is 0 Å². The van der Waals surface area contributed by atoms with E-state index in [1.54, 1.807) is 0 Å². The standard InChI is InChI=1S/C10H26OSi2/c1-10(2,3)13(7,8)11-9-12(4,5)6/h9H2,1-8H3. The highest BCUT2D eigenvalue weighted by Gasteiger charge is 2.37. The largest absolute Gasteiger partial charge is 0.420 e. The second-order valence-electron chi connectivity index (χ2n) is 6.61. The van der Waals surface area contributed by atoms with Gasteiger partial charge in [0.25, 0.3) is 0 Å². The van der Waals surface area contributed by atoms with Gasteiger partial charge in [-0.15, -0.1) is 0 Å². The molecule has 0 N–H and O–H groups in total. The van der Waals surface area contributed by atoms with E-state index in [2.05, 4.69) is 53.5 Å². The summed E-state index contributed by atoms with van der Waals surface area (Å²) in [6.45, 7) is 18.6. The lowest BCUT2D eigenvalue weighted by molar-refractivity contribution is 0.341. The van der Waals surface area contributed by atoms with E-state index in [4.69, 9.17) is 4.43 Å². The van der Waals surface area contributed by atoms with Gasteiger partial charge in [0, 0.05) is 6.23 Å². The van der Waals surface area contributed by atoms with E-state index in [0.29, 0.717) is 5.04 Å². The van der Waals surface area contributed by atoms with E-state index in [9.17, 15) is 0 Å². The smallest absolute Gasteiger partial charge is 0.191 e. The zero-order chi connectivity index (χ0) is 10.9. The Labute approximate surface area is 86.0 Å². The SMILES string of the molecule is CC(C)(C)[Si](C)(C)OC[Si](C)(C)C. The van der Waals surface area contributed by atoms with Crippen LogP contribution in [0.5, 0.6) is 0 Å². The van der Waals surface area contributed by atoms with Crippen molar-refractivity contribution in [2.45, 2.75) is 58.5 Å². The average Bonchev–Trinajstić information content (AvgIpc) is 1.79. The third-order valence-electron chi connectivity index (χ3n) is 2.67. The van der Waals surface area contributed by atoms with Gasteiger partial charge in [-0.2, -0.15) is 0 Å². The third kappa shape index (κ3) is 4.98. The molecule has 0 radical (unpaired) electrons. The van der Waals surface area contributed by atoms with Crippen molar-refractivity contribution < 1.29 is 4.43 Å². The molecule has 0 aliphatic rings.